The van der Waals surface area contributed by atoms with E-state index in [-0.39, 0.29) is 16.8 Å². The molecule has 24 heavy (non-hydrogen) atoms. The topological polar surface area (TPSA) is 96.3 Å². The number of methoxy groups -OCH3 is 1. The molecule has 8 heteroatoms. The maximum Gasteiger partial charge on any atom is 0.339 e. The first-order valence-electron chi connectivity index (χ1n) is 6.70. The number of hydrogen-bond acceptors (Lipinski definition) is 5. The summed E-state index contributed by atoms with van der Waals surface area (Å²) in [6.45, 7) is 1.64. The third kappa shape index (κ3) is 3.52. The van der Waals surface area contributed by atoms with Gasteiger partial charge in [-0.1, -0.05) is 6.07 Å². The summed E-state index contributed by atoms with van der Waals surface area (Å²) in [7, 11) is -3.18. The smallest absolute Gasteiger partial charge is 0.339 e. The first kappa shape index (κ1) is 17.4. The second kappa shape index (κ2) is 6.68. The van der Waals surface area contributed by atoms with Crippen LogP contribution in [0.1, 0.15) is 21.5 Å². The number of benzene rings is 2. The molecule has 0 heterocycles. The van der Waals surface area contributed by atoms with Gasteiger partial charge in [0.1, 0.15) is 10.7 Å². The Morgan fingerprint density at radius 1 is 1.25 bits per heavy atom. The molecule has 124 valence electrons. The molecule has 1 N–H and O–H groups in total. The molecule has 0 aliphatic heterocycles. The van der Waals surface area contributed by atoms with E-state index in [0.717, 1.165) is 25.3 Å². The van der Waals surface area contributed by atoms with E-state index in [2.05, 4.69) is 9.46 Å². The molecule has 0 unspecified atom stereocenters. The zero-order valence-corrected chi connectivity index (χ0v) is 13.6. The van der Waals surface area contributed by atoms with Crippen molar-refractivity contribution in [3.63, 3.8) is 0 Å². The fraction of sp³-hybridized carbons (Fsp3) is 0.125. The Morgan fingerprint density at radius 3 is 2.58 bits per heavy atom. The van der Waals surface area contributed by atoms with Crippen molar-refractivity contribution in [1.82, 2.24) is 0 Å². The van der Waals surface area contributed by atoms with Gasteiger partial charge < -0.3 is 4.74 Å². The Kier molecular flexibility index (Phi) is 4.85. The van der Waals surface area contributed by atoms with E-state index in [1.54, 1.807) is 13.0 Å². The summed E-state index contributed by atoms with van der Waals surface area (Å²) in [5.74, 6) is -1.72. The maximum absolute atomic E-state index is 13.5. The number of rotatable bonds is 4. The van der Waals surface area contributed by atoms with Crippen molar-refractivity contribution in [2.75, 3.05) is 11.8 Å². The zero-order valence-electron chi connectivity index (χ0n) is 12.8. The molecule has 0 spiro atoms. The van der Waals surface area contributed by atoms with Crippen molar-refractivity contribution in [2.24, 2.45) is 0 Å². The van der Waals surface area contributed by atoms with Crippen LogP contribution < -0.4 is 4.72 Å². The molecular weight excluding hydrogens is 335 g/mol. The van der Waals surface area contributed by atoms with Gasteiger partial charge in [-0.2, -0.15) is 5.26 Å². The number of carbonyl (C=O) groups excluding carboxylic acids is 1. The van der Waals surface area contributed by atoms with Gasteiger partial charge in [0.2, 0.25) is 0 Å². The highest BCUT2D eigenvalue weighted by Gasteiger charge is 2.24. The van der Waals surface area contributed by atoms with E-state index >= 15 is 0 Å². The highest BCUT2D eigenvalue weighted by atomic mass is 32.2. The van der Waals surface area contributed by atoms with Gasteiger partial charge in [-0.25, -0.2) is 17.6 Å². The van der Waals surface area contributed by atoms with Gasteiger partial charge in [-0.15, -0.1) is 0 Å². The average molecular weight is 348 g/mol. The van der Waals surface area contributed by atoms with Gasteiger partial charge in [-0.3, -0.25) is 4.72 Å². The van der Waals surface area contributed by atoms with Crippen LogP contribution in [0.15, 0.2) is 41.3 Å². The first-order chi connectivity index (χ1) is 11.3. The summed E-state index contributed by atoms with van der Waals surface area (Å²) in [5, 5.41) is 8.92. The van der Waals surface area contributed by atoms with Gasteiger partial charge in [0.05, 0.1) is 30.0 Å². The molecule has 0 fully saturated rings. The van der Waals surface area contributed by atoms with Crippen LogP contribution in [0, 0.1) is 24.1 Å². The minimum atomic E-state index is -4.27. The van der Waals surface area contributed by atoms with Crippen LogP contribution in [0.5, 0.6) is 0 Å². The van der Waals surface area contributed by atoms with Crippen molar-refractivity contribution in [3.05, 3.63) is 58.9 Å². The SMILES string of the molecule is COC(=O)c1ccc(F)cc1S(=O)(=O)Nc1cc(C#N)ccc1C. The van der Waals surface area contributed by atoms with E-state index in [4.69, 9.17) is 5.26 Å². The molecule has 0 saturated carbocycles. The fourth-order valence-corrected chi connectivity index (χ4v) is 3.33. The lowest BCUT2D eigenvalue weighted by molar-refractivity contribution is 0.0596. The molecule has 0 saturated heterocycles. The van der Waals surface area contributed by atoms with Crippen molar-refractivity contribution >= 4 is 21.7 Å². The predicted molar refractivity (Wildman–Crippen MR) is 84.4 cm³/mol. The number of nitrogens with one attached hydrogen (secondary N) is 1. The molecule has 0 aliphatic rings. The Hall–Kier alpha value is -2.92. The minimum Gasteiger partial charge on any atom is -0.465 e. The lowest BCUT2D eigenvalue weighted by Gasteiger charge is -2.13. The maximum atomic E-state index is 13.5. The number of nitrogens with zero attached hydrogens (tertiary/aromatic N) is 1. The fourth-order valence-electron chi connectivity index (χ4n) is 2.00. The van der Waals surface area contributed by atoms with Crippen molar-refractivity contribution in [2.45, 2.75) is 11.8 Å². The number of carbonyl (C=O) groups is 1. The Morgan fingerprint density at radius 2 is 1.96 bits per heavy atom. The van der Waals surface area contributed by atoms with Crippen LogP contribution in [-0.2, 0) is 14.8 Å². The second-order valence-electron chi connectivity index (χ2n) is 4.88. The zero-order chi connectivity index (χ0) is 17.9. The standard InChI is InChI=1S/C16H13FN2O4S/c1-10-3-4-11(9-18)7-14(10)19-24(21,22)15-8-12(17)5-6-13(15)16(20)23-2/h3-8,19H,1-2H3. The van der Waals surface area contributed by atoms with E-state index in [0.29, 0.717) is 5.56 Å². The third-order valence-corrected chi connectivity index (χ3v) is 4.65. The molecule has 0 atom stereocenters. The highest BCUT2D eigenvalue weighted by Crippen LogP contribution is 2.24. The Bertz CT molecular complexity index is 949. The van der Waals surface area contributed by atoms with Crippen molar-refractivity contribution in [3.8, 4) is 6.07 Å². The molecule has 2 aromatic rings. The number of nitriles is 1. The number of aryl methyl sites for hydroxylation is 1. The number of sulfonamides is 1. The summed E-state index contributed by atoms with van der Waals surface area (Å²) < 4.78 is 45.4. The Balaban J connectivity index is 2.55. The molecule has 6 nitrogen and oxygen atoms in total. The molecule has 0 aliphatic carbocycles. The number of hydrogen-bond donors (Lipinski definition) is 1. The summed E-state index contributed by atoms with van der Waals surface area (Å²) in [6, 6.07) is 9.10. The van der Waals surface area contributed by atoms with E-state index in [9.17, 15) is 17.6 Å². The van der Waals surface area contributed by atoms with Crippen molar-refractivity contribution < 1.29 is 22.3 Å². The molecule has 2 rings (SSSR count). The van der Waals surface area contributed by atoms with Crippen LogP contribution in [0.4, 0.5) is 10.1 Å². The van der Waals surface area contributed by atoms with Crippen LogP contribution in [0.2, 0.25) is 0 Å². The van der Waals surface area contributed by atoms with Gasteiger partial charge in [0, 0.05) is 0 Å². The van der Waals surface area contributed by atoms with Gasteiger partial charge in [-0.05, 0) is 42.8 Å². The molecule has 0 radical (unpaired) electrons. The monoisotopic (exact) mass is 348 g/mol. The molecule has 0 aromatic heterocycles. The summed E-state index contributed by atoms with van der Waals surface area (Å²) in [4.78, 5) is 11.2. The van der Waals surface area contributed by atoms with Crippen LogP contribution in [0.3, 0.4) is 0 Å². The van der Waals surface area contributed by atoms with E-state index in [1.165, 1.54) is 12.1 Å². The molecule has 0 bridgehead atoms. The van der Waals surface area contributed by atoms with Crippen LogP contribution in [0.25, 0.3) is 0 Å². The summed E-state index contributed by atoms with van der Waals surface area (Å²) >= 11 is 0. The highest BCUT2D eigenvalue weighted by molar-refractivity contribution is 7.92. The lowest BCUT2D eigenvalue weighted by Crippen LogP contribution is -2.18. The lowest BCUT2D eigenvalue weighted by atomic mass is 10.1. The number of halogens is 1. The minimum absolute atomic E-state index is 0.161. The first-order valence-corrected chi connectivity index (χ1v) is 8.18. The van der Waals surface area contributed by atoms with E-state index in [1.807, 2.05) is 6.07 Å². The summed E-state index contributed by atoms with van der Waals surface area (Å²) in [6.07, 6.45) is 0. The molecular formula is C16H13FN2O4S. The van der Waals surface area contributed by atoms with E-state index < -0.39 is 26.7 Å². The normalized spacial score (nSPS) is 10.8. The van der Waals surface area contributed by atoms with Gasteiger partial charge >= 0.3 is 5.97 Å². The summed E-state index contributed by atoms with van der Waals surface area (Å²) in [5.41, 5.74) is 0.689. The second-order valence-corrected chi connectivity index (χ2v) is 6.53. The van der Waals surface area contributed by atoms with Gasteiger partial charge in [0.25, 0.3) is 10.0 Å². The number of ether oxygens (including phenoxy) is 1. The number of esters is 1. The molecule has 2 aromatic carbocycles. The van der Waals surface area contributed by atoms with Crippen LogP contribution >= 0.6 is 0 Å². The average Bonchev–Trinajstić information content (AvgIpc) is 2.56. The Labute approximate surface area is 138 Å². The van der Waals surface area contributed by atoms with Crippen molar-refractivity contribution in [1.29, 1.82) is 5.26 Å². The quantitative estimate of drug-likeness (QED) is 0.857. The third-order valence-electron chi connectivity index (χ3n) is 3.25. The molecule has 0 amide bonds. The largest absolute Gasteiger partial charge is 0.465 e. The van der Waals surface area contributed by atoms with Crippen LogP contribution in [-0.4, -0.2) is 21.5 Å². The number of anilines is 1. The predicted octanol–water partition coefficient (Wildman–Crippen LogP) is 2.59. The van der Waals surface area contributed by atoms with Gasteiger partial charge in [0.15, 0.2) is 0 Å².